The lowest BCUT2D eigenvalue weighted by molar-refractivity contribution is -0.140. The van der Waals surface area contributed by atoms with Gasteiger partial charge in [-0.2, -0.15) is 0 Å². The standard InChI is InChI=1S/C11H14N2O4/c1-17-6-9(11(15)16)13-10(14)7-4-2-3-5-8(7)12/h2-5,9H,6,12H2,1H3,(H,13,14)(H,15,16)/t9-/m0/s1. The maximum absolute atomic E-state index is 11.7. The molecule has 0 bridgehead atoms. The number of benzene rings is 1. The number of anilines is 1. The Morgan fingerprint density at radius 3 is 2.65 bits per heavy atom. The molecule has 0 fully saturated rings. The number of para-hydroxylation sites is 1. The molecule has 1 rings (SSSR count). The molecule has 0 aromatic heterocycles. The average molecular weight is 238 g/mol. The van der Waals surface area contributed by atoms with Gasteiger partial charge in [0.1, 0.15) is 0 Å². The Balaban J connectivity index is 2.77. The van der Waals surface area contributed by atoms with Crippen LogP contribution in [0.15, 0.2) is 24.3 Å². The highest BCUT2D eigenvalue weighted by atomic mass is 16.5. The summed E-state index contributed by atoms with van der Waals surface area (Å²) in [5.41, 5.74) is 6.15. The maximum Gasteiger partial charge on any atom is 0.328 e. The second-order valence-electron chi connectivity index (χ2n) is 3.41. The third-order valence-electron chi connectivity index (χ3n) is 2.14. The van der Waals surface area contributed by atoms with Crippen molar-refractivity contribution in [3.63, 3.8) is 0 Å². The number of nitrogens with one attached hydrogen (secondary N) is 1. The highest BCUT2D eigenvalue weighted by Gasteiger charge is 2.21. The smallest absolute Gasteiger partial charge is 0.328 e. The molecule has 0 saturated carbocycles. The second-order valence-corrected chi connectivity index (χ2v) is 3.41. The van der Waals surface area contributed by atoms with E-state index in [1.54, 1.807) is 18.2 Å². The molecule has 0 spiro atoms. The Bertz CT molecular complexity index is 420. The Morgan fingerprint density at radius 2 is 2.12 bits per heavy atom. The summed E-state index contributed by atoms with van der Waals surface area (Å²) < 4.78 is 4.71. The summed E-state index contributed by atoms with van der Waals surface area (Å²) in [6.45, 7) is -0.103. The summed E-state index contributed by atoms with van der Waals surface area (Å²) in [5, 5.41) is 11.2. The van der Waals surface area contributed by atoms with Crippen molar-refractivity contribution in [2.45, 2.75) is 6.04 Å². The van der Waals surface area contributed by atoms with E-state index < -0.39 is 17.9 Å². The summed E-state index contributed by atoms with van der Waals surface area (Å²) >= 11 is 0. The molecule has 0 unspecified atom stereocenters. The first-order valence-corrected chi connectivity index (χ1v) is 4.93. The molecule has 6 heteroatoms. The fraction of sp³-hybridized carbons (Fsp3) is 0.273. The predicted molar refractivity (Wildman–Crippen MR) is 61.6 cm³/mol. The highest BCUT2D eigenvalue weighted by molar-refractivity contribution is 6.00. The molecule has 1 amide bonds. The summed E-state index contributed by atoms with van der Waals surface area (Å²) in [6.07, 6.45) is 0. The van der Waals surface area contributed by atoms with Crippen LogP contribution in [0.3, 0.4) is 0 Å². The van der Waals surface area contributed by atoms with Crippen LogP contribution in [0.25, 0.3) is 0 Å². The van der Waals surface area contributed by atoms with Crippen LogP contribution in [0, 0.1) is 0 Å². The van der Waals surface area contributed by atoms with Gasteiger partial charge in [-0.05, 0) is 12.1 Å². The molecule has 0 aliphatic heterocycles. The van der Waals surface area contributed by atoms with Gasteiger partial charge in [0.15, 0.2) is 6.04 Å². The van der Waals surface area contributed by atoms with Crippen LogP contribution in [0.4, 0.5) is 5.69 Å². The van der Waals surface area contributed by atoms with Gasteiger partial charge in [0.05, 0.1) is 12.2 Å². The van der Waals surface area contributed by atoms with E-state index in [1.807, 2.05) is 0 Å². The van der Waals surface area contributed by atoms with E-state index in [1.165, 1.54) is 13.2 Å². The second kappa shape index (κ2) is 5.86. The van der Waals surface area contributed by atoms with Crippen molar-refractivity contribution >= 4 is 17.6 Å². The van der Waals surface area contributed by atoms with Gasteiger partial charge in [-0.25, -0.2) is 4.79 Å². The average Bonchev–Trinajstić information content (AvgIpc) is 2.28. The molecular formula is C11H14N2O4. The number of carbonyl (C=O) groups is 2. The van der Waals surface area contributed by atoms with Crippen molar-refractivity contribution in [2.75, 3.05) is 19.5 Å². The number of hydrogen-bond acceptors (Lipinski definition) is 4. The van der Waals surface area contributed by atoms with Crippen molar-refractivity contribution in [2.24, 2.45) is 0 Å². The first kappa shape index (κ1) is 13.0. The molecule has 0 saturated heterocycles. The van der Waals surface area contributed by atoms with Crippen LogP contribution in [0.1, 0.15) is 10.4 Å². The van der Waals surface area contributed by atoms with Crippen LogP contribution < -0.4 is 11.1 Å². The van der Waals surface area contributed by atoms with Gasteiger partial charge < -0.3 is 20.9 Å². The Morgan fingerprint density at radius 1 is 1.47 bits per heavy atom. The van der Waals surface area contributed by atoms with Crippen molar-refractivity contribution in [1.29, 1.82) is 0 Å². The lowest BCUT2D eigenvalue weighted by Gasteiger charge is -2.14. The molecule has 0 heterocycles. The third-order valence-corrected chi connectivity index (χ3v) is 2.14. The molecule has 0 aliphatic carbocycles. The molecule has 0 radical (unpaired) electrons. The molecule has 17 heavy (non-hydrogen) atoms. The normalized spacial score (nSPS) is 11.8. The molecule has 1 atom stereocenters. The van der Waals surface area contributed by atoms with Gasteiger partial charge in [-0.1, -0.05) is 12.1 Å². The van der Waals surface area contributed by atoms with Crippen LogP contribution in [-0.2, 0) is 9.53 Å². The van der Waals surface area contributed by atoms with Crippen molar-refractivity contribution in [1.82, 2.24) is 5.32 Å². The van der Waals surface area contributed by atoms with Crippen LogP contribution in [-0.4, -0.2) is 36.7 Å². The van der Waals surface area contributed by atoms with E-state index in [-0.39, 0.29) is 12.2 Å². The quantitative estimate of drug-likeness (QED) is 0.631. The molecule has 6 nitrogen and oxygen atoms in total. The van der Waals surface area contributed by atoms with Gasteiger partial charge >= 0.3 is 5.97 Å². The number of methoxy groups -OCH3 is 1. The molecule has 4 N–H and O–H groups in total. The first-order valence-electron chi connectivity index (χ1n) is 4.93. The van der Waals surface area contributed by atoms with Gasteiger partial charge in [-0.3, -0.25) is 4.79 Å². The van der Waals surface area contributed by atoms with Gasteiger partial charge in [0, 0.05) is 12.8 Å². The van der Waals surface area contributed by atoms with E-state index >= 15 is 0 Å². The first-order chi connectivity index (χ1) is 8.06. The van der Waals surface area contributed by atoms with Gasteiger partial charge in [0.2, 0.25) is 0 Å². The summed E-state index contributed by atoms with van der Waals surface area (Å²) in [6, 6.07) is 5.34. The summed E-state index contributed by atoms with van der Waals surface area (Å²) in [4.78, 5) is 22.6. The minimum atomic E-state index is -1.16. The number of carboxylic acids is 1. The molecular weight excluding hydrogens is 224 g/mol. The zero-order valence-corrected chi connectivity index (χ0v) is 9.34. The van der Waals surface area contributed by atoms with Gasteiger partial charge in [0.25, 0.3) is 5.91 Å². The maximum atomic E-state index is 11.7. The molecule has 1 aromatic carbocycles. The summed E-state index contributed by atoms with van der Waals surface area (Å²) in [5.74, 6) is -1.69. The lowest BCUT2D eigenvalue weighted by atomic mass is 10.1. The number of carboxylic acid groups (broad SMARTS) is 1. The molecule has 92 valence electrons. The van der Waals surface area contributed by atoms with E-state index in [4.69, 9.17) is 15.6 Å². The van der Waals surface area contributed by atoms with Crippen molar-refractivity contribution in [3.8, 4) is 0 Å². The summed E-state index contributed by atoms with van der Waals surface area (Å²) in [7, 11) is 1.36. The Kier molecular flexibility index (Phi) is 4.47. The number of nitrogen functional groups attached to an aromatic ring is 1. The molecule has 0 aliphatic rings. The van der Waals surface area contributed by atoms with E-state index in [9.17, 15) is 9.59 Å². The van der Waals surface area contributed by atoms with E-state index in [0.717, 1.165) is 0 Å². The highest BCUT2D eigenvalue weighted by Crippen LogP contribution is 2.10. The largest absolute Gasteiger partial charge is 0.480 e. The molecule has 1 aromatic rings. The van der Waals surface area contributed by atoms with Crippen LogP contribution >= 0.6 is 0 Å². The minimum Gasteiger partial charge on any atom is -0.480 e. The lowest BCUT2D eigenvalue weighted by Crippen LogP contribution is -2.44. The van der Waals surface area contributed by atoms with Crippen LogP contribution in [0.5, 0.6) is 0 Å². The van der Waals surface area contributed by atoms with E-state index in [2.05, 4.69) is 5.32 Å². The fourth-order valence-corrected chi connectivity index (χ4v) is 1.28. The number of nitrogens with two attached hydrogens (primary N) is 1. The zero-order chi connectivity index (χ0) is 12.8. The number of hydrogen-bond donors (Lipinski definition) is 3. The van der Waals surface area contributed by atoms with Gasteiger partial charge in [-0.15, -0.1) is 0 Å². The SMILES string of the molecule is COC[C@H](NC(=O)c1ccccc1N)C(=O)O. The number of carbonyl (C=O) groups excluding carboxylic acids is 1. The zero-order valence-electron chi connectivity index (χ0n) is 9.34. The number of rotatable bonds is 5. The van der Waals surface area contributed by atoms with E-state index in [0.29, 0.717) is 5.69 Å². The Labute approximate surface area is 98.4 Å². The number of aliphatic carboxylic acids is 1. The third kappa shape index (κ3) is 3.46. The predicted octanol–water partition coefficient (Wildman–Crippen LogP) is 0.0982. The Hall–Kier alpha value is -2.08. The topological polar surface area (TPSA) is 102 Å². The van der Waals surface area contributed by atoms with Crippen molar-refractivity contribution < 1.29 is 19.4 Å². The number of ether oxygens (including phenoxy) is 1. The number of amides is 1. The fourth-order valence-electron chi connectivity index (χ4n) is 1.28. The monoisotopic (exact) mass is 238 g/mol. The van der Waals surface area contributed by atoms with Crippen molar-refractivity contribution in [3.05, 3.63) is 29.8 Å². The van der Waals surface area contributed by atoms with Crippen LogP contribution in [0.2, 0.25) is 0 Å². The minimum absolute atomic E-state index is 0.103.